The molecule has 3 nitrogen and oxygen atoms in total. The Kier molecular flexibility index (Phi) is 4.16. The molecule has 82 valence electrons. The third-order valence-corrected chi connectivity index (χ3v) is 2.14. The van der Waals surface area contributed by atoms with E-state index in [1.165, 1.54) is 6.92 Å². The summed E-state index contributed by atoms with van der Waals surface area (Å²) in [5.74, 6) is 0.610. The number of ether oxygens (including phenoxy) is 1. The summed E-state index contributed by atoms with van der Waals surface area (Å²) >= 11 is 0. The van der Waals surface area contributed by atoms with Gasteiger partial charge in [-0.05, 0) is 31.5 Å². The highest BCUT2D eigenvalue weighted by Crippen LogP contribution is 2.22. The quantitative estimate of drug-likeness (QED) is 0.459. The van der Waals surface area contributed by atoms with Crippen LogP contribution in [-0.4, -0.2) is 12.4 Å². The van der Waals surface area contributed by atoms with E-state index in [2.05, 4.69) is 6.92 Å². The number of hydrogen-bond donors (Lipinski definition) is 1. The van der Waals surface area contributed by atoms with Crippen LogP contribution in [0.2, 0.25) is 0 Å². The molecule has 0 radical (unpaired) electrons. The van der Waals surface area contributed by atoms with Crippen molar-refractivity contribution in [1.82, 2.24) is 0 Å². The summed E-state index contributed by atoms with van der Waals surface area (Å²) in [6.45, 7) is 4.25. The number of benzene rings is 1. The molecule has 0 fully saturated rings. The molecule has 0 spiro atoms. The van der Waals surface area contributed by atoms with Gasteiger partial charge in [0.2, 0.25) is 0 Å². The van der Waals surface area contributed by atoms with Crippen LogP contribution in [0.4, 0.5) is 5.69 Å². The van der Waals surface area contributed by atoms with Gasteiger partial charge in [0.1, 0.15) is 5.75 Å². The minimum absolute atomic E-state index is 0.0196. The largest absolute Gasteiger partial charge is 0.493 e. The van der Waals surface area contributed by atoms with Crippen LogP contribution < -0.4 is 10.5 Å². The SMILES string of the molecule is CCCCOc1ccc(N)cc1C(C)=O. The summed E-state index contributed by atoms with van der Waals surface area (Å²) in [6.07, 6.45) is 2.06. The van der Waals surface area contributed by atoms with Gasteiger partial charge in [-0.2, -0.15) is 0 Å². The standard InChI is InChI=1S/C12H17NO2/c1-3-4-7-15-12-6-5-10(13)8-11(12)9(2)14/h5-6,8H,3-4,7,13H2,1-2H3. The fourth-order valence-corrected chi connectivity index (χ4v) is 1.28. The Hall–Kier alpha value is -1.51. The summed E-state index contributed by atoms with van der Waals surface area (Å²) in [7, 11) is 0. The highest BCUT2D eigenvalue weighted by atomic mass is 16.5. The van der Waals surface area contributed by atoms with E-state index >= 15 is 0 Å². The first-order valence-corrected chi connectivity index (χ1v) is 5.18. The Morgan fingerprint density at radius 2 is 2.20 bits per heavy atom. The smallest absolute Gasteiger partial charge is 0.163 e. The van der Waals surface area contributed by atoms with Crippen molar-refractivity contribution in [2.45, 2.75) is 26.7 Å². The topological polar surface area (TPSA) is 52.3 Å². The van der Waals surface area contributed by atoms with Gasteiger partial charge in [-0.3, -0.25) is 4.79 Å². The molecule has 1 rings (SSSR count). The Morgan fingerprint density at radius 1 is 1.47 bits per heavy atom. The molecule has 0 aliphatic rings. The number of carbonyl (C=O) groups excluding carboxylic acids is 1. The minimum atomic E-state index is -0.0196. The lowest BCUT2D eigenvalue weighted by Gasteiger charge is -2.09. The fraction of sp³-hybridized carbons (Fsp3) is 0.417. The van der Waals surface area contributed by atoms with Crippen molar-refractivity contribution in [1.29, 1.82) is 0 Å². The van der Waals surface area contributed by atoms with Crippen molar-refractivity contribution in [3.05, 3.63) is 23.8 Å². The molecule has 3 heteroatoms. The molecular formula is C12H17NO2. The molecule has 0 saturated heterocycles. The van der Waals surface area contributed by atoms with Crippen LogP contribution in [0.1, 0.15) is 37.0 Å². The highest BCUT2D eigenvalue weighted by molar-refractivity contribution is 5.97. The summed E-state index contributed by atoms with van der Waals surface area (Å²) < 4.78 is 5.52. The highest BCUT2D eigenvalue weighted by Gasteiger charge is 2.08. The van der Waals surface area contributed by atoms with Crippen LogP contribution in [-0.2, 0) is 0 Å². The van der Waals surface area contributed by atoms with E-state index in [4.69, 9.17) is 10.5 Å². The first-order valence-electron chi connectivity index (χ1n) is 5.18. The zero-order valence-electron chi connectivity index (χ0n) is 9.25. The van der Waals surface area contributed by atoms with E-state index < -0.39 is 0 Å². The molecule has 0 bridgehead atoms. The number of hydrogen-bond acceptors (Lipinski definition) is 3. The normalized spacial score (nSPS) is 10.0. The molecule has 0 aliphatic carbocycles. The summed E-state index contributed by atoms with van der Waals surface area (Å²) in [5.41, 5.74) is 6.76. The van der Waals surface area contributed by atoms with Gasteiger partial charge >= 0.3 is 0 Å². The first kappa shape index (κ1) is 11.6. The van der Waals surface area contributed by atoms with E-state index in [0.29, 0.717) is 23.6 Å². The van der Waals surface area contributed by atoms with Crippen molar-refractivity contribution in [3.8, 4) is 5.75 Å². The molecule has 1 aromatic carbocycles. The average Bonchev–Trinajstić information content (AvgIpc) is 2.20. The van der Waals surface area contributed by atoms with E-state index in [-0.39, 0.29) is 5.78 Å². The number of anilines is 1. The maximum Gasteiger partial charge on any atom is 0.163 e. The summed E-state index contributed by atoms with van der Waals surface area (Å²) in [4.78, 5) is 11.3. The van der Waals surface area contributed by atoms with Crippen LogP contribution >= 0.6 is 0 Å². The second-order valence-electron chi connectivity index (χ2n) is 3.51. The lowest BCUT2D eigenvalue weighted by atomic mass is 10.1. The predicted molar refractivity (Wildman–Crippen MR) is 61.3 cm³/mol. The van der Waals surface area contributed by atoms with Crippen molar-refractivity contribution in [2.24, 2.45) is 0 Å². The molecule has 0 aromatic heterocycles. The second kappa shape index (κ2) is 5.39. The molecule has 1 aromatic rings. The van der Waals surface area contributed by atoms with Gasteiger partial charge in [0.05, 0.1) is 12.2 Å². The Labute approximate surface area is 90.2 Å². The molecule has 15 heavy (non-hydrogen) atoms. The average molecular weight is 207 g/mol. The number of Topliss-reactive ketones (excluding diaryl/α,β-unsaturated/α-hetero) is 1. The lowest BCUT2D eigenvalue weighted by molar-refractivity contribution is 0.101. The zero-order valence-corrected chi connectivity index (χ0v) is 9.25. The molecule has 0 atom stereocenters. The summed E-state index contributed by atoms with van der Waals surface area (Å²) in [6, 6.07) is 5.15. The van der Waals surface area contributed by atoms with Crippen LogP contribution in [0.15, 0.2) is 18.2 Å². The van der Waals surface area contributed by atoms with Crippen LogP contribution in [0.5, 0.6) is 5.75 Å². The van der Waals surface area contributed by atoms with Crippen molar-refractivity contribution in [3.63, 3.8) is 0 Å². The zero-order chi connectivity index (χ0) is 11.3. The molecule has 2 N–H and O–H groups in total. The maximum atomic E-state index is 11.3. The number of rotatable bonds is 5. The van der Waals surface area contributed by atoms with Crippen molar-refractivity contribution >= 4 is 11.5 Å². The van der Waals surface area contributed by atoms with Crippen molar-refractivity contribution < 1.29 is 9.53 Å². The van der Waals surface area contributed by atoms with Gasteiger partial charge in [0.25, 0.3) is 0 Å². The monoisotopic (exact) mass is 207 g/mol. The van der Waals surface area contributed by atoms with Gasteiger partial charge < -0.3 is 10.5 Å². The molecular weight excluding hydrogens is 190 g/mol. The second-order valence-corrected chi connectivity index (χ2v) is 3.51. The number of nitrogen functional groups attached to an aromatic ring is 1. The lowest BCUT2D eigenvalue weighted by Crippen LogP contribution is -2.03. The molecule has 0 heterocycles. The Bertz CT molecular complexity index is 347. The van der Waals surface area contributed by atoms with E-state index in [1.54, 1.807) is 18.2 Å². The van der Waals surface area contributed by atoms with E-state index in [1.807, 2.05) is 0 Å². The van der Waals surface area contributed by atoms with Gasteiger partial charge in [-0.25, -0.2) is 0 Å². The van der Waals surface area contributed by atoms with Crippen LogP contribution in [0.3, 0.4) is 0 Å². The van der Waals surface area contributed by atoms with Crippen LogP contribution in [0.25, 0.3) is 0 Å². The number of unbranched alkanes of at least 4 members (excludes halogenated alkanes) is 1. The van der Waals surface area contributed by atoms with E-state index in [9.17, 15) is 4.79 Å². The first-order chi connectivity index (χ1) is 7.15. The minimum Gasteiger partial charge on any atom is -0.493 e. The summed E-state index contributed by atoms with van der Waals surface area (Å²) in [5, 5.41) is 0. The van der Waals surface area contributed by atoms with Gasteiger partial charge in [0.15, 0.2) is 5.78 Å². The number of nitrogens with two attached hydrogens (primary N) is 1. The molecule has 0 amide bonds. The number of ketones is 1. The third-order valence-electron chi connectivity index (χ3n) is 2.14. The van der Waals surface area contributed by atoms with Crippen molar-refractivity contribution in [2.75, 3.05) is 12.3 Å². The molecule has 0 unspecified atom stereocenters. The Morgan fingerprint density at radius 3 is 2.80 bits per heavy atom. The number of carbonyl (C=O) groups is 1. The van der Waals surface area contributed by atoms with Gasteiger partial charge in [-0.15, -0.1) is 0 Å². The predicted octanol–water partition coefficient (Wildman–Crippen LogP) is 2.65. The van der Waals surface area contributed by atoms with Crippen LogP contribution in [0, 0.1) is 0 Å². The van der Waals surface area contributed by atoms with E-state index in [0.717, 1.165) is 12.8 Å². The Balaban J connectivity index is 2.81. The maximum absolute atomic E-state index is 11.3. The fourth-order valence-electron chi connectivity index (χ4n) is 1.28. The van der Waals surface area contributed by atoms with Gasteiger partial charge in [-0.1, -0.05) is 13.3 Å². The van der Waals surface area contributed by atoms with Gasteiger partial charge in [0, 0.05) is 5.69 Å². The molecule has 0 aliphatic heterocycles. The third kappa shape index (κ3) is 3.27. The molecule has 0 saturated carbocycles.